The molecule has 0 rings (SSSR count). The molecule has 2 atom stereocenters. The Morgan fingerprint density at radius 1 is 1.06 bits per heavy atom. The fourth-order valence-corrected chi connectivity index (χ4v) is 1.30. The smallest absolute Gasteiger partial charge is 0.165 e. The molecule has 0 aliphatic carbocycles. The molecular formula is C12H20N4. The highest BCUT2D eigenvalue weighted by molar-refractivity contribution is 5.07. The molecule has 88 valence electrons. The van der Waals surface area contributed by atoms with Crippen LogP contribution in [-0.2, 0) is 0 Å². The van der Waals surface area contributed by atoms with Gasteiger partial charge >= 0.3 is 0 Å². The van der Waals surface area contributed by atoms with Crippen LogP contribution in [0.1, 0.15) is 47.5 Å². The summed E-state index contributed by atoms with van der Waals surface area (Å²) in [5, 5.41) is 26.1. The Hall–Kier alpha value is -1.42. The van der Waals surface area contributed by atoms with Crippen LogP contribution < -0.4 is 0 Å². The number of nitriles is 2. The lowest BCUT2D eigenvalue weighted by atomic mass is 9.93. The SMILES string of the molecule is CCC(C)(C#N)N=NC(C)(C#N)CC(C)C. The molecule has 0 fully saturated rings. The van der Waals surface area contributed by atoms with Crippen LogP contribution in [0.2, 0.25) is 0 Å². The summed E-state index contributed by atoms with van der Waals surface area (Å²) in [6.45, 7) is 9.44. The standard InChI is InChI=1S/C12H20N4/c1-6-11(4,8-13)15-16-12(5,9-14)7-10(2)3/h10H,6-7H2,1-5H3. The highest BCUT2D eigenvalue weighted by Gasteiger charge is 2.27. The van der Waals surface area contributed by atoms with Crippen LogP contribution in [0.25, 0.3) is 0 Å². The fraction of sp³-hybridized carbons (Fsp3) is 0.833. The molecule has 0 heterocycles. The molecule has 0 bridgehead atoms. The number of nitrogens with zero attached hydrogens (tertiary/aromatic N) is 4. The van der Waals surface area contributed by atoms with Crippen molar-refractivity contribution in [1.82, 2.24) is 0 Å². The summed E-state index contributed by atoms with van der Waals surface area (Å²) in [7, 11) is 0. The highest BCUT2D eigenvalue weighted by Crippen LogP contribution is 2.23. The van der Waals surface area contributed by atoms with E-state index in [1.165, 1.54) is 0 Å². The van der Waals surface area contributed by atoms with E-state index in [1.807, 2.05) is 20.8 Å². The van der Waals surface area contributed by atoms with Crippen molar-refractivity contribution in [1.29, 1.82) is 10.5 Å². The third-order valence-electron chi connectivity index (χ3n) is 2.47. The van der Waals surface area contributed by atoms with E-state index in [0.29, 0.717) is 18.8 Å². The van der Waals surface area contributed by atoms with Gasteiger partial charge in [0.2, 0.25) is 0 Å². The third-order valence-corrected chi connectivity index (χ3v) is 2.47. The predicted octanol–water partition coefficient (Wildman–Crippen LogP) is 3.46. The van der Waals surface area contributed by atoms with E-state index in [1.54, 1.807) is 13.8 Å². The van der Waals surface area contributed by atoms with Crippen LogP contribution in [0.3, 0.4) is 0 Å². The quantitative estimate of drug-likeness (QED) is 0.665. The van der Waals surface area contributed by atoms with Crippen molar-refractivity contribution < 1.29 is 0 Å². The zero-order chi connectivity index (χ0) is 12.8. The summed E-state index contributed by atoms with van der Waals surface area (Å²) in [6, 6.07) is 4.27. The maximum atomic E-state index is 9.09. The van der Waals surface area contributed by atoms with Crippen LogP contribution in [-0.4, -0.2) is 11.1 Å². The lowest BCUT2D eigenvalue weighted by molar-refractivity contribution is 0.409. The van der Waals surface area contributed by atoms with E-state index in [0.717, 1.165) is 0 Å². The zero-order valence-electron chi connectivity index (χ0n) is 10.8. The molecule has 4 heteroatoms. The van der Waals surface area contributed by atoms with Crippen molar-refractivity contribution in [3.05, 3.63) is 0 Å². The van der Waals surface area contributed by atoms with Gasteiger partial charge in [0, 0.05) is 0 Å². The lowest BCUT2D eigenvalue weighted by Crippen LogP contribution is -2.24. The Balaban J connectivity index is 4.87. The Morgan fingerprint density at radius 2 is 1.50 bits per heavy atom. The lowest BCUT2D eigenvalue weighted by Gasteiger charge is -2.20. The molecule has 0 aliphatic heterocycles. The van der Waals surface area contributed by atoms with Gasteiger partial charge in [0.05, 0.1) is 12.1 Å². The van der Waals surface area contributed by atoms with Gasteiger partial charge in [-0.05, 0) is 32.6 Å². The van der Waals surface area contributed by atoms with Gasteiger partial charge in [-0.3, -0.25) is 0 Å². The predicted molar refractivity (Wildman–Crippen MR) is 62.6 cm³/mol. The van der Waals surface area contributed by atoms with Crippen LogP contribution in [0.4, 0.5) is 0 Å². The summed E-state index contributed by atoms with van der Waals surface area (Å²) in [5.41, 5.74) is -1.63. The van der Waals surface area contributed by atoms with E-state index in [4.69, 9.17) is 10.5 Å². The van der Waals surface area contributed by atoms with Gasteiger partial charge in [-0.15, -0.1) is 0 Å². The average molecular weight is 220 g/mol. The van der Waals surface area contributed by atoms with Crippen molar-refractivity contribution in [2.45, 2.75) is 58.5 Å². The summed E-state index contributed by atoms with van der Waals surface area (Å²) in [6.07, 6.45) is 1.24. The number of azo groups is 1. The Morgan fingerprint density at radius 3 is 1.81 bits per heavy atom. The molecule has 0 saturated carbocycles. The van der Waals surface area contributed by atoms with E-state index in [9.17, 15) is 0 Å². The minimum absolute atomic E-state index is 0.374. The summed E-state index contributed by atoms with van der Waals surface area (Å²) < 4.78 is 0. The minimum atomic E-state index is -0.818. The molecule has 2 unspecified atom stereocenters. The fourth-order valence-electron chi connectivity index (χ4n) is 1.30. The molecule has 0 saturated heterocycles. The van der Waals surface area contributed by atoms with Crippen molar-refractivity contribution >= 4 is 0 Å². The zero-order valence-corrected chi connectivity index (χ0v) is 10.8. The van der Waals surface area contributed by atoms with Crippen molar-refractivity contribution in [2.75, 3.05) is 0 Å². The van der Waals surface area contributed by atoms with E-state index in [2.05, 4.69) is 22.4 Å². The van der Waals surface area contributed by atoms with Gasteiger partial charge in [0.25, 0.3) is 0 Å². The average Bonchev–Trinajstić information content (AvgIpc) is 2.25. The molecule has 0 amide bonds. The molecule has 0 aromatic rings. The topological polar surface area (TPSA) is 72.3 Å². The van der Waals surface area contributed by atoms with Crippen molar-refractivity contribution in [2.24, 2.45) is 16.1 Å². The molecule has 0 aromatic heterocycles. The second kappa shape index (κ2) is 5.61. The first-order valence-corrected chi connectivity index (χ1v) is 5.57. The van der Waals surface area contributed by atoms with E-state index in [-0.39, 0.29) is 0 Å². The Bertz CT molecular complexity index is 334. The van der Waals surface area contributed by atoms with Crippen molar-refractivity contribution in [3.63, 3.8) is 0 Å². The molecule has 0 spiro atoms. The van der Waals surface area contributed by atoms with Gasteiger partial charge < -0.3 is 0 Å². The summed E-state index contributed by atoms with van der Waals surface area (Å²) >= 11 is 0. The molecule has 0 aliphatic rings. The second-order valence-corrected chi connectivity index (χ2v) is 4.92. The Kier molecular flexibility index (Phi) is 5.11. The number of hydrogen-bond donors (Lipinski definition) is 0. The first kappa shape index (κ1) is 14.6. The second-order valence-electron chi connectivity index (χ2n) is 4.92. The highest BCUT2D eigenvalue weighted by atomic mass is 15.2. The van der Waals surface area contributed by atoms with Crippen LogP contribution in [0, 0.1) is 28.6 Å². The molecule has 16 heavy (non-hydrogen) atoms. The van der Waals surface area contributed by atoms with Gasteiger partial charge in [-0.25, -0.2) is 0 Å². The van der Waals surface area contributed by atoms with Gasteiger partial charge in [0.15, 0.2) is 11.1 Å². The van der Waals surface area contributed by atoms with Crippen LogP contribution in [0.15, 0.2) is 10.2 Å². The number of rotatable bonds is 5. The van der Waals surface area contributed by atoms with Crippen LogP contribution in [0.5, 0.6) is 0 Å². The third kappa shape index (κ3) is 4.40. The molecule has 4 nitrogen and oxygen atoms in total. The van der Waals surface area contributed by atoms with Gasteiger partial charge in [0.1, 0.15) is 0 Å². The largest absolute Gasteiger partial charge is 0.196 e. The number of hydrogen-bond acceptors (Lipinski definition) is 4. The monoisotopic (exact) mass is 220 g/mol. The first-order chi connectivity index (χ1) is 7.31. The molecule has 0 radical (unpaired) electrons. The maximum absolute atomic E-state index is 9.09. The van der Waals surface area contributed by atoms with Crippen LogP contribution >= 0.6 is 0 Å². The summed E-state index contributed by atoms with van der Waals surface area (Å²) in [5.74, 6) is 0.374. The molecule has 0 N–H and O–H groups in total. The van der Waals surface area contributed by atoms with E-state index < -0.39 is 11.1 Å². The molecular weight excluding hydrogens is 200 g/mol. The maximum Gasteiger partial charge on any atom is 0.165 e. The van der Waals surface area contributed by atoms with Gasteiger partial charge in [-0.2, -0.15) is 20.8 Å². The minimum Gasteiger partial charge on any atom is -0.196 e. The first-order valence-electron chi connectivity index (χ1n) is 5.57. The Labute approximate surface area is 98.0 Å². The van der Waals surface area contributed by atoms with Crippen molar-refractivity contribution in [3.8, 4) is 12.1 Å². The van der Waals surface area contributed by atoms with Gasteiger partial charge in [-0.1, -0.05) is 20.8 Å². The normalized spacial score (nSPS) is 18.8. The summed E-state index contributed by atoms with van der Waals surface area (Å²) in [4.78, 5) is 0. The molecule has 0 aromatic carbocycles. The van der Waals surface area contributed by atoms with E-state index >= 15 is 0 Å².